The Hall–Kier alpha value is -2.53. The van der Waals surface area contributed by atoms with Crippen LogP contribution in [0.4, 0.5) is 5.69 Å². The third-order valence-corrected chi connectivity index (χ3v) is 5.20. The van der Waals surface area contributed by atoms with Gasteiger partial charge in [0.2, 0.25) is 11.8 Å². The predicted molar refractivity (Wildman–Crippen MR) is 106 cm³/mol. The lowest BCUT2D eigenvalue weighted by Gasteiger charge is -2.18. The molecule has 0 aromatic heterocycles. The summed E-state index contributed by atoms with van der Waals surface area (Å²) in [7, 11) is 1.61. The molecular formula is C21H23ClN2O3. The second-order valence-corrected chi connectivity index (χ2v) is 7.41. The Labute approximate surface area is 164 Å². The molecule has 142 valence electrons. The zero-order valence-corrected chi connectivity index (χ0v) is 16.4. The van der Waals surface area contributed by atoms with E-state index in [0.29, 0.717) is 30.1 Å². The zero-order valence-electron chi connectivity index (χ0n) is 15.7. The molecule has 0 atom stereocenters. The van der Waals surface area contributed by atoms with E-state index in [1.165, 1.54) is 0 Å². The number of hydrogen-bond donors (Lipinski definition) is 2. The van der Waals surface area contributed by atoms with Gasteiger partial charge in [-0.25, -0.2) is 0 Å². The Morgan fingerprint density at radius 2 is 1.78 bits per heavy atom. The highest BCUT2D eigenvalue weighted by atomic mass is 35.5. The lowest BCUT2D eigenvalue weighted by Crippen LogP contribution is -2.39. The van der Waals surface area contributed by atoms with E-state index in [1.807, 2.05) is 44.2 Å². The van der Waals surface area contributed by atoms with Crippen LogP contribution in [0.1, 0.15) is 29.5 Å². The van der Waals surface area contributed by atoms with Crippen molar-refractivity contribution < 1.29 is 14.3 Å². The standard InChI is InChI=1S/C21H23ClN2O3/c1-13-10-14(2)18(17(22)11-13)24-20(26)21(8-9-21)19(25)23-12-15-4-6-16(27-3)7-5-15/h4-7,10-11H,8-9,12H2,1-3H3,(H,23,25)(H,24,26). The van der Waals surface area contributed by atoms with Crippen molar-refractivity contribution in [1.29, 1.82) is 0 Å². The largest absolute Gasteiger partial charge is 0.497 e. The van der Waals surface area contributed by atoms with Crippen LogP contribution in [0.3, 0.4) is 0 Å². The fourth-order valence-electron chi connectivity index (χ4n) is 3.08. The number of amides is 2. The zero-order chi connectivity index (χ0) is 19.6. The molecule has 1 saturated carbocycles. The van der Waals surface area contributed by atoms with Crippen molar-refractivity contribution in [2.24, 2.45) is 5.41 Å². The monoisotopic (exact) mass is 386 g/mol. The number of halogens is 1. The lowest BCUT2D eigenvalue weighted by molar-refractivity contribution is -0.134. The number of ether oxygens (including phenoxy) is 1. The molecule has 0 unspecified atom stereocenters. The third-order valence-electron chi connectivity index (χ3n) is 4.90. The van der Waals surface area contributed by atoms with Gasteiger partial charge in [0.05, 0.1) is 17.8 Å². The molecule has 6 heteroatoms. The first-order chi connectivity index (χ1) is 12.9. The average molecular weight is 387 g/mol. The van der Waals surface area contributed by atoms with Gasteiger partial charge in [-0.3, -0.25) is 9.59 Å². The molecule has 1 aliphatic carbocycles. The topological polar surface area (TPSA) is 67.4 Å². The highest BCUT2D eigenvalue weighted by Gasteiger charge is 2.56. The molecule has 0 aliphatic heterocycles. The molecule has 0 spiro atoms. The Kier molecular flexibility index (Phi) is 5.42. The predicted octanol–water partition coefficient (Wildman–Crippen LogP) is 4.00. The van der Waals surface area contributed by atoms with Gasteiger partial charge in [-0.2, -0.15) is 0 Å². The van der Waals surface area contributed by atoms with Crippen molar-refractivity contribution >= 4 is 29.1 Å². The van der Waals surface area contributed by atoms with E-state index in [1.54, 1.807) is 13.2 Å². The van der Waals surface area contributed by atoms with Crippen molar-refractivity contribution in [2.75, 3.05) is 12.4 Å². The number of carbonyl (C=O) groups excluding carboxylic acids is 2. The van der Waals surface area contributed by atoms with Gasteiger partial charge in [-0.15, -0.1) is 0 Å². The molecule has 27 heavy (non-hydrogen) atoms. The number of anilines is 1. The summed E-state index contributed by atoms with van der Waals surface area (Å²) in [5, 5.41) is 6.21. The van der Waals surface area contributed by atoms with E-state index >= 15 is 0 Å². The number of nitrogens with one attached hydrogen (secondary N) is 2. The number of rotatable bonds is 6. The highest BCUT2D eigenvalue weighted by molar-refractivity contribution is 6.34. The molecule has 5 nitrogen and oxygen atoms in total. The average Bonchev–Trinajstić information content (AvgIpc) is 3.45. The van der Waals surface area contributed by atoms with E-state index in [-0.39, 0.29) is 11.8 Å². The molecule has 0 heterocycles. The number of carbonyl (C=O) groups is 2. The van der Waals surface area contributed by atoms with Gasteiger partial charge in [-0.05, 0) is 61.6 Å². The number of aryl methyl sites for hydroxylation is 2. The van der Waals surface area contributed by atoms with Crippen LogP contribution in [0.15, 0.2) is 36.4 Å². The van der Waals surface area contributed by atoms with E-state index in [4.69, 9.17) is 16.3 Å². The van der Waals surface area contributed by atoms with Gasteiger partial charge < -0.3 is 15.4 Å². The summed E-state index contributed by atoms with van der Waals surface area (Å²) >= 11 is 6.27. The molecule has 2 aromatic rings. The minimum absolute atomic E-state index is 0.253. The summed E-state index contributed by atoms with van der Waals surface area (Å²) in [6.07, 6.45) is 1.08. The normalized spacial score (nSPS) is 14.4. The maximum atomic E-state index is 12.8. The number of methoxy groups -OCH3 is 1. The summed E-state index contributed by atoms with van der Waals surface area (Å²) < 4.78 is 5.12. The van der Waals surface area contributed by atoms with Crippen molar-refractivity contribution in [3.05, 3.63) is 58.1 Å². The van der Waals surface area contributed by atoms with Gasteiger partial charge in [0.25, 0.3) is 0 Å². The maximum absolute atomic E-state index is 12.8. The van der Waals surface area contributed by atoms with Gasteiger partial charge >= 0.3 is 0 Å². The first-order valence-electron chi connectivity index (χ1n) is 8.85. The van der Waals surface area contributed by atoms with Crippen molar-refractivity contribution in [2.45, 2.75) is 33.2 Å². The Morgan fingerprint density at radius 1 is 1.11 bits per heavy atom. The Balaban J connectivity index is 1.65. The van der Waals surface area contributed by atoms with Gasteiger partial charge in [0.1, 0.15) is 11.2 Å². The molecule has 2 aromatic carbocycles. The van der Waals surface area contributed by atoms with Crippen LogP contribution in [-0.4, -0.2) is 18.9 Å². The number of benzene rings is 2. The fraction of sp³-hybridized carbons (Fsp3) is 0.333. The first-order valence-corrected chi connectivity index (χ1v) is 9.23. The van der Waals surface area contributed by atoms with Crippen LogP contribution in [0, 0.1) is 19.3 Å². The summed E-state index contributed by atoms with van der Waals surface area (Å²) in [5.41, 5.74) is 2.41. The van der Waals surface area contributed by atoms with Crippen LogP contribution in [0.2, 0.25) is 5.02 Å². The summed E-state index contributed by atoms with van der Waals surface area (Å²) in [6.45, 7) is 4.19. The van der Waals surface area contributed by atoms with E-state index in [2.05, 4.69) is 10.6 Å². The van der Waals surface area contributed by atoms with Crippen LogP contribution in [0.5, 0.6) is 5.75 Å². The van der Waals surface area contributed by atoms with Gasteiger partial charge in [-0.1, -0.05) is 29.8 Å². The summed E-state index contributed by atoms with van der Waals surface area (Å²) in [5.74, 6) is 0.203. The molecule has 2 amide bonds. The van der Waals surface area contributed by atoms with Crippen molar-refractivity contribution in [3.63, 3.8) is 0 Å². The third kappa shape index (κ3) is 4.08. The molecule has 0 saturated heterocycles. The molecule has 0 radical (unpaired) electrons. The van der Waals surface area contributed by atoms with E-state index in [0.717, 1.165) is 22.4 Å². The smallest absolute Gasteiger partial charge is 0.240 e. The van der Waals surface area contributed by atoms with Gasteiger partial charge in [0.15, 0.2) is 0 Å². The maximum Gasteiger partial charge on any atom is 0.240 e. The van der Waals surface area contributed by atoms with Crippen LogP contribution in [-0.2, 0) is 16.1 Å². The van der Waals surface area contributed by atoms with Gasteiger partial charge in [0, 0.05) is 6.54 Å². The van der Waals surface area contributed by atoms with Crippen LogP contribution in [0.25, 0.3) is 0 Å². The van der Waals surface area contributed by atoms with E-state index < -0.39 is 5.41 Å². The first kappa shape index (κ1) is 19.2. The quantitative estimate of drug-likeness (QED) is 0.737. The summed E-state index contributed by atoms with van der Waals surface area (Å²) in [6, 6.07) is 11.2. The highest BCUT2D eigenvalue weighted by Crippen LogP contribution is 2.47. The molecule has 3 rings (SSSR count). The molecule has 1 aliphatic rings. The Morgan fingerprint density at radius 3 is 2.33 bits per heavy atom. The van der Waals surface area contributed by atoms with Crippen LogP contribution >= 0.6 is 11.6 Å². The summed E-state index contributed by atoms with van der Waals surface area (Å²) in [4.78, 5) is 25.4. The molecular weight excluding hydrogens is 364 g/mol. The lowest BCUT2D eigenvalue weighted by atomic mass is 10.0. The molecule has 0 bridgehead atoms. The molecule has 2 N–H and O–H groups in total. The SMILES string of the molecule is COc1ccc(CNC(=O)C2(C(=O)Nc3c(C)cc(C)cc3Cl)CC2)cc1. The fourth-order valence-corrected chi connectivity index (χ4v) is 3.45. The van der Waals surface area contributed by atoms with E-state index in [9.17, 15) is 9.59 Å². The van der Waals surface area contributed by atoms with Crippen LogP contribution < -0.4 is 15.4 Å². The van der Waals surface area contributed by atoms with Crippen molar-refractivity contribution in [1.82, 2.24) is 5.32 Å². The minimum atomic E-state index is -1.01. The minimum Gasteiger partial charge on any atom is -0.497 e. The molecule has 1 fully saturated rings. The number of hydrogen-bond acceptors (Lipinski definition) is 3. The second-order valence-electron chi connectivity index (χ2n) is 7.01. The Bertz CT molecular complexity index is 850. The van der Waals surface area contributed by atoms with Crippen molar-refractivity contribution in [3.8, 4) is 5.75 Å². The second kappa shape index (κ2) is 7.61.